The Kier molecular flexibility index (Phi) is 4.08. The summed E-state index contributed by atoms with van der Waals surface area (Å²) in [6, 6.07) is 8.11. The summed E-state index contributed by atoms with van der Waals surface area (Å²) in [5.41, 5.74) is 2.17. The fourth-order valence-electron chi connectivity index (χ4n) is 2.13. The molecule has 20 heavy (non-hydrogen) atoms. The summed E-state index contributed by atoms with van der Waals surface area (Å²) < 4.78 is 2.06. The Morgan fingerprint density at radius 3 is 2.70 bits per heavy atom. The molecule has 1 saturated carbocycles. The summed E-state index contributed by atoms with van der Waals surface area (Å²) in [7, 11) is 0. The monoisotopic (exact) mass is 395 g/mol. The molecule has 1 aromatic carbocycles. The van der Waals surface area contributed by atoms with Crippen molar-refractivity contribution in [1.29, 1.82) is 0 Å². The lowest BCUT2D eigenvalue weighted by Gasteiger charge is -2.12. The normalized spacial score (nSPS) is 14.3. The summed E-state index contributed by atoms with van der Waals surface area (Å²) in [4.78, 5) is 9.42. The van der Waals surface area contributed by atoms with Crippen LogP contribution in [0.15, 0.2) is 33.2 Å². The van der Waals surface area contributed by atoms with Gasteiger partial charge in [-0.05, 0) is 47.8 Å². The van der Waals surface area contributed by atoms with Crippen LogP contribution in [0.1, 0.15) is 31.4 Å². The molecule has 1 heterocycles. The minimum atomic E-state index is 0.579. The van der Waals surface area contributed by atoms with Crippen LogP contribution >= 0.6 is 31.9 Å². The maximum absolute atomic E-state index is 4.77. The van der Waals surface area contributed by atoms with Gasteiger partial charge in [0.05, 0.1) is 10.2 Å². The van der Waals surface area contributed by atoms with Crippen LogP contribution in [0.25, 0.3) is 11.4 Å². The molecule has 0 saturated heterocycles. The molecule has 1 aliphatic rings. The number of rotatable bonds is 4. The highest BCUT2D eigenvalue weighted by Gasteiger charge is 2.29. The van der Waals surface area contributed by atoms with Gasteiger partial charge in [-0.3, -0.25) is 0 Å². The zero-order valence-electron chi connectivity index (χ0n) is 11.2. The molecule has 0 radical (unpaired) electrons. The van der Waals surface area contributed by atoms with Crippen LogP contribution in [0.3, 0.4) is 0 Å². The second-order valence-corrected chi connectivity index (χ2v) is 6.62. The zero-order chi connectivity index (χ0) is 14.1. The number of aromatic nitrogens is 2. The van der Waals surface area contributed by atoms with Gasteiger partial charge in [0, 0.05) is 22.5 Å². The zero-order valence-corrected chi connectivity index (χ0v) is 14.3. The van der Waals surface area contributed by atoms with Gasteiger partial charge in [0.2, 0.25) is 0 Å². The van der Waals surface area contributed by atoms with Gasteiger partial charge in [-0.15, -0.1) is 0 Å². The first-order valence-electron chi connectivity index (χ1n) is 6.76. The topological polar surface area (TPSA) is 37.8 Å². The average Bonchev–Trinajstić information content (AvgIpc) is 3.26. The smallest absolute Gasteiger partial charge is 0.161 e. The Morgan fingerprint density at radius 2 is 2.05 bits per heavy atom. The van der Waals surface area contributed by atoms with Gasteiger partial charge in [0.15, 0.2) is 5.82 Å². The molecule has 3 rings (SSSR count). The van der Waals surface area contributed by atoms with Gasteiger partial charge >= 0.3 is 0 Å². The Labute approximate surface area is 135 Å². The van der Waals surface area contributed by atoms with E-state index in [4.69, 9.17) is 4.98 Å². The summed E-state index contributed by atoms with van der Waals surface area (Å²) in [5, 5.41) is 3.31. The maximum Gasteiger partial charge on any atom is 0.161 e. The second kappa shape index (κ2) is 5.82. The fourth-order valence-corrected chi connectivity index (χ4v) is 3.17. The van der Waals surface area contributed by atoms with Crippen molar-refractivity contribution in [3.63, 3.8) is 0 Å². The van der Waals surface area contributed by atoms with Crippen molar-refractivity contribution in [2.45, 2.75) is 25.7 Å². The minimum Gasteiger partial charge on any atom is -0.369 e. The van der Waals surface area contributed by atoms with Gasteiger partial charge in [-0.2, -0.15) is 0 Å². The first-order valence-corrected chi connectivity index (χ1v) is 8.35. The molecule has 0 aliphatic heterocycles. The number of halogens is 2. The molecule has 0 amide bonds. The van der Waals surface area contributed by atoms with Gasteiger partial charge in [0.1, 0.15) is 5.82 Å². The molecule has 0 unspecified atom stereocenters. The van der Waals surface area contributed by atoms with Crippen LogP contribution in [-0.4, -0.2) is 16.5 Å². The quantitative estimate of drug-likeness (QED) is 0.791. The third-order valence-corrected chi connectivity index (χ3v) is 4.54. The first-order chi connectivity index (χ1) is 9.69. The Balaban J connectivity index is 2.10. The number of hydrogen-bond donors (Lipinski definition) is 1. The first kappa shape index (κ1) is 14.0. The van der Waals surface area contributed by atoms with Crippen LogP contribution < -0.4 is 5.32 Å². The van der Waals surface area contributed by atoms with Crippen LogP contribution in [0.2, 0.25) is 0 Å². The molecule has 1 aliphatic carbocycles. The molecule has 104 valence electrons. The maximum atomic E-state index is 4.77. The van der Waals surface area contributed by atoms with E-state index in [1.807, 2.05) is 18.2 Å². The number of hydrogen-bond acceptors (Lipinski definition) is 3. The standard InChI is InChI=1S/C15H15Br2N3/c1-2-18-15-12(17)13(9-6-7-9)19-14(20-15)10-4-3-5-11(16)8-10/h3-5,8-9H,2,6-7H2,1H3,(H,18,19,20). The lowest BCUT2D eigenvalue weighted by Crippen LogP contribution is -2.05. The van der Waals surface area contributed by atoms with Crippen LogP contribution in [-0.2, 0) is 0 Å². The lowest BCUT2D eigenvalue weighted by atomic mass is 10.2. The van der Waals surface area contributed by atoms with Crippen molar-refractivity contribution in [2.24, 2.45) is 0 Å². The van der Waals surface area contributed by atoms with Crippen molar-refractivity contribution in [3.05, 3.63) is 38.9 Å². The predicted molar refractivity (Wildman–Crippen MR) is 89.0 cm³/mol. The van der Waals surface area contributed by atoms with Gasteiger partial charge in [-0.25, -0.2) is 9.97 Å². The van der Waals surface area contributed by atoms with E-state index in [1.165, 1.54) is 12.8 Å². The average molecular weight is 397 g/mol. The number of nitrogens with zero attached hydrogens (tertiary/aromatic N) is 2. The number of anilines is 1. The second-order valence-electron chi connectivity index (χ2n) is 4.91. The number of nitrogens with one attached hydrogen (secondary N) is 1. The predicted octanol–water partition coefficient (Wildman–Crippen LogP) is 4.98. The molecular formula is C15H15Br2N3. The summed E-state index contributed by atoms with van der Waals surface area (Å²) in [6.07, 6.45) is 2.44. The van der Waals surface area contributed by atoms with E-state index in [2.05, 4.69) is 55.2 Å². The van der Waals surface area contributed by atoms with Gasteiger partial charge in [-0.1, -0.05) is 28.1 Å². The largest absolute Gasteiger partial charge is 0.369 e. The molecule has 0 spiro atoms. The van der Waals surface area contributed by atoms with Crippen molar-refractivity contribution in [2.75, 3.05) is 11.9 Å². The SMILES string of the molecule is CCNc1nc(-c2cccc(Br)c2)nc(C2CC2)c1Br. The fraction of sp³-hybridized carbons (Fsp3) is 0.333. The molecule has 0 bridgehead atoms. The van der Waals surface area contributed by atoms with E-state index < -0.39 is 0 Å². The highest BCUT2D eigenvalue weighted by Crippen LogP contribution is 2.44. The molecule has 3 nitrogen and oxygen atoms in total. The van der Waals surface area contributed by atoms with Crippen molar-refractivity contribution in [3.8, 4) is 11.4 Å². The molecule has 1 N–H and O–H groups in total. The van der Waals surface area contributed by atoms with E-state index in [0.29, 0.717) is 5.92 Å². The van der Waals surface area contributed by atoms with Gasteiger partial charge < -0.3 is 5.32 Å². The highest BCUT2D eigenvalue weighted by atomic mass is 79.9. The minimum absolute atomic E-state index is 0.579. The van der Waals surface area contributed by atoms with Crippen LogP contribution in [0.4, 0.5) is 5.82 Å². The van der Waals surface area contributed by atoms with Gasteiger partial charge in [0.25, 0.3) is 0 Å². The van der Waals surface area contributed by atoms with Crippen LogP contribution in [0.5, 0.6) is 0 Å². The Hall–Kier alpha value is -0.940. The Bertz CT molecular complexity index is 639. The molecule has 1 fully saturated rings. The summed E-state index contributed by atoms with van der Waals surface area (Å²) >= 11 is 7.15. The van der Waals surface area contributed by atoms with Crippen molar-refractivity contribution >= 4 is 37.7 Å². The molecule has 5 heteroatoms. The van der Waals surface area contributed by atoms with Crippen molar-refractivity contribution < 1.29 is 0 Å². The number of benzene rings is 1. The third-order valence-electron chi connectivity index (χ3n) is 3.27. The molecule has 1 aromatic heterocycles. The Morgan fingerprint density at radius 1 is 1.25 bits per heavy atom. The highest BCUT2D eigenvalue weighted by molar-refractivity contribution is 9.11. The van der Waals surface area contributed by atoms with Crippen LogP contribution in [0, 0.1) is 0 Å². The third kappa shape index (κ3) is 2.88. The van der Waals surface area contributed by atoms with E-state index >= 15 is 0 Å². The molecule has 0 atom stereocenters. The van der Waals surface area contributed by atoms with Crippen molar-refractivity contribution in [1.82, 2.24) is 9.97 Å². The van der Waals surface area contributed by atoms with E-state index in [1.54, 1.807) is 0 Å². The summed E-state index contributed by atoms with van der Waals surface area (Å²) in [5.74, 6) is 2.25. The lowest BCUT2D eigenvalue weighted by molar-refractivity contribution is 0.974. The molecular weight excluding hydrogens is 382 g/mol. The molecule has 2 aromatic rings. The van der Waals surface area contributed by atoms with E-state index in [-0.39, 0.29) is 0 Å². The van der Waals surface area contributed by atoms with E-state index in [9.17, 15) is 0 Å². The summed E-state index contributed by atoms with van der Waals surface area (Å²) in [6.45, 7) is 2.92. The van der Waals surface area contributed by atoms with E-state index in [0.717, 1.165) is 38.4 Å².